The van der Waals surface area contributed by atoms with Crippen molar-refractivity contribution in [1.29, 1.82) is 0 Å². The first-order valence-corrected chi connectivity index (χ1v) is 9.23. The minimum Gasteiger partial charge on any atom is -0.493 e. The van der Waals surface area contributed by atoms with Gasteiger partial charge in [0.05, 0.1) is 26.6 Å². The van der Waals surface area contributed by atoms with E-state index in [9.17, 15) is 4.79 Å². The van der Waals surface area contributed by atoms with Gasteiger partial charge in [0.2, 0.25) is 0 Å². The highest BCUT2D eigenvalue weighted by Crippen LogP contribution is 2.30. The lowest BCUT2D eigenvalue weighted by Crippen LogP contribution is -2.15. The SMILES string of the molecule is COc1ccc(Nc2cnc(C(=O)Nc3ccccc3C(C)C)cn2)cc1OC. The second-order valence-electron chi connectivity index (χ2n) is 6.68. The van der Waals surface area contributed by atoms with Crippen LogP contribution in [0.1, 0.15) is 35.8 Å². The molecule has 0 aliphatic rings. The van der Waals surface area contributed by atoms with Gasteiger partial charge in [0.1, 0.15) is 11.5 Å². The molecule has 0 spiro atoms. The highest BCUT2D eigenvalue weighted by Gasteiger charge is 2.13. The molecule has 7 heteroatoms. The molecule has 0 atom stereocenters. The van der Waals surface area contributed by atoms with Crippen molar-refractivity contribution in [3.63, 3.8) is 0 Å². The summed E-state index contributed by atoms with van der Waals surface area (Å²) < 4.78 is 10.5. The topological polar surface area (TPSA) is 85.4 Å². The van der Waals surface area contributed by atoms with Gasteiger partial charge in [-0.2, -0.15) is 0 Å². The number of amides is 1. The van der Waals surface area contributed by atoms with Gasteiger partial charge in [-0.05, 0) is 29.7 Å². The minimum absolute atomic E-state index is 0.237. The summed E-state index contributed by atoms with van der Waals surface area (Å²) in [5, 5.41) is 6.04. The Morgan fingerprint density at radius 3 is 2.38 bits per heavy atom. The third-order valence-electron chi connectivity index (χ3n) is 4.37. The number of ether oxygens (including phenoxy) is 2. The molecule has 1 amide bonds. The first kappa shape index (κ1) is 20.1. The van der Waals surface area contributed by atoms with E-state index in [-0.39, 0.29) is 11.6 Å². The summed E-state index contributed by atoms with van der Waals surface area (Å²) in [6.07, 6.45) is 2.95. The number of nitrogens with one attached hydrogen (secondary N) is 2. The first-order valence-electron chi connectivity index (χ1n) is 9.23. The van der Waals surface area contributed by atoms with E-state index >= 15 is 0 Å². The molecule has 2 aromatic carbocycles. The van der Waals surface area contributed by atoms with Crippen molar-refractivity contribution in [2.75, 3.05) is 24.9 Å². The fraction of sp³-hybridized carbons (Fsp3) is 0.227. The van der Waals surface area contributed by atoms with Gasteiger partial charge in [-0.1, -0.05) is 32.0 Å². The van der Waals surface area contributed by atoms with E-state index in [0.29, 0.717) is 23.2 Å². The van der Waals surface area contributed by atoms with Gasteiger partial charge < -0.3 is 20.1 Å². The Kier molecular flexibility index (Phi) is 6.29. The third kappa shape index (κ3) is 4.82. The number of hydrogen-bond donors (Lipinski definition) is 2. The van der Waals surface area contributed by atoms with E-state index in [1.54, 1.807) is 26.4 Å². The Morgan fingerprint density at radius 1 is 0.966 bits per heavy atom. The maximum Gasteiger partial charge on any atom is 0.275 e. The molecule has 150 valence electrons. The number of nitrogens with zero attached hydrogens (tertiary/aromatic N) is 2. The number of hydrogen-bond acceptors (Lipinski definition) is 6. The van der Waals surface area contributed by atoms with Gasteiger partial charge in [0.15, 0.2) is 11.5 Å². The number of aromatic nitrogens is 2. The average Bonchev–Trinajstić information content (AvgIpc) is 2.74. The summed E-state index contributed by atoms with van der Waals surface area (Å²) >= 11 is 0. The highest BCUT2D eigenvalue weighted by atomic mass is 16.5. The fourth-order valence-corrected chi connectivity index (χ4v) is 2.87. The molecule has 0 aliphatic heterocycles. The van der Waals surface area contributed by atoms with Gasteiger partial charge in [0.25, 0.3) is 5.91 Å². The van der Waals surface area contributed by atoms with Crippen LogP contribution in [0, 0.1) is 0 Å². The molecule has 0 saturated heterocycles. The molecule has 3 rings (SSSR count). The van der Waals surface area contributed by atoms with Crippen LogP contribution in [0.2, 0.25) is 0 Å². The van der Waals surface area contributed by atoms with Gasteiger partial charge in [-0.15, -0.1) is 0 Å². The molecule has 0 saturated carbocycles. The Labute approximate surface area is 170 Å². The number of carbonyl (C=O) groups excluding carboxylic acids is 1. The average molecular weight is 392 g/mol. The van der Waals surface area contributed by atoms with Crippen molar-refractivity contribution >= 4 is 23.1 Å². The molecule has 0 radical (unpaired) electrons. The number of benzene rings is 2. The lowest BCUT2D eigenvalue weighted by molar-refractivity contribution is 0.102. The number of para-hydroxylation sites is 1. The molecule has 3 aromatic rings. The van der Waals surface area contributed by atoms with Gasteiger partial charge in [-0.3, -0.25) is 4.79 Å². The van der Waals surface area contributed by atoms with Crippen LogP contribution in [-0.4, -0.2) is 30.1 Å². The second-order valence-corrected chi connectivity index (χ2v) is 6.68. The molecule has 1 aromatic heterocycles. The van der Waals surface area contributed by atoms with Crippen LogP contribution in [0.15, 0.2) is 54.9 Å². The number of carbonyl (C=O) groups is 1. The number of methoxy groups -OCH3 is 2. The summed E-state index contributed by atoms with van der Waals surface area (Å²) in [5.41, 5.74) is 2.85. The Morgan fingerprint density at radius 2 is 1.72 bits per heavy atom. The van der Waals surface area contributed by atoms with Crippen molar-refractivity contribution in [1.82, 2.24) is 9.97 Å². The van der Waals surface area contributed by atoms with Crippen molar-refractivity contribution in [3.8, 4) is 11.5 Å². The van der Waals surface area contributed by atoms with Crippen molar-refractivity contribution in [2.24, 2.45) is 0 Å². The lowest BCUT2D eigenvalue weighted by atomic mass is 10.0. The predicted molar refractivity (Wildman–Crippen MR) is 113 cm³/mol. The molecule has 2 N–H and O–H groups in total. The number of rotatable bonds is 7. The van der Waals surface area contributed by atoms with Crippen LogP contribution in [0.3, 0.4) is 0 Å². The summed E-state index contributed by atoms with van der Waals surface area (Å²) in [4.78, 5) is 21.1. The minimum atomic E-state index is -0.303. The van der Waals surface area contributed by atoms with E-state index in [1.807, 2.05) is 30.3 Å². The molecular weight excluding hydrogens is 368 g/mol. The second kappa shape index (κ2) is 9.05. The summed E-state index contributed by atoms with van der Waals surface area (Å²) in [6.45, 7) is 4.17. The van der Waals surface area contributed by atoms with Crippen molar-refractivity contribution in [2.45, 2.75) is 19.8 Å². The van der Waals surface area contributed by atoms with Gasteiger partial charge in [0, 0.05) is 17.4 Å². The third-order valence-corrected chi connectivity index (χ3v) is 4.37. The zero-order valence-corrected chi connectivity index (χ0v) is 16.9. The van der Waals surface area contributed by atoms with Crippen molar-refractivity contribution in [3.05, 3.63) is 66.1 Å². The Bertz CT molecular complexity index is 988. The quantitative estimate of drug-likeness (QED) is 0.611. The molecule has 0 aliphatic carbocycles. The van der Waals surface area contributed by atoms with E-state index < -0.39 is 0 Å². The molecule has 1 heterocycles. The monoisotopic (exact) mass is 392 g/mol. The Hall–Kier alpha value is -3.61. The molecular formula is C22H24N4O3. The smallest absolute Gasteiger partial charge is 0.275 e. The standard InChI is InChI=1S/C22H24N4O3/c1-14(2)16-7-5-6-8-17(16)26-22(27)18-12-24-21(13-23-18)25-15-9-10-19(28-3)20(11-15)29-4/h5-14H,1-4H3,(H,24,25)(H,26,27). The molecule has 0 bridgehead atoms. The molecule has 7 nitrogen and oxygen atoms in total. The van der Waals surface area contributed by atoms with Crippen molar-refractivity contribution < 1.29 is 14.3 Å². The van der Waals surface area contributed by atoms with Crippen LogP contribution < -0.4 is 20.1 Å². The normalized spacial score (nSPS) is 10.5. The highest BCUT2D eigenvalue weighted by molar-refractivity contribution is 6.03. The zero-order chi connectivity index (χ0) is 20.8. The zero-order valence-electron chi connectivity index (χ0n) is 16.9. The predicted octanol–water partition coefficient (Wildman–Crippen LogP) is 4.61. The fourth-order valence-electron chi connectivity index (χ4n) is 2.87. The lowest BCUT2D eigenvalue weighted by Gasteiger charge is -2.13. The van der Waals surface area contributed by atoms with Crippen LogP contribution in [0.4, 0.5) is 17.2 Å². The largest absolute Gasteiger partial charge is 0.493 e. The van der Waals surface area contributed by atoms with Crippen LogP contribution in [-0.2, 0) is 0 Å². The summed E-state index contributed by atoms with van der Waals surface area (Å²) in [7, 11) is 3.16. The Balaban J connectivity index is 1.71. The summed E-state index contributed by atoms with van der Waals surface area (Å²) in [6, 6.07) is 13.2. The van der Waals surface area contributed by atoms with Crippen LogP contribution in [0.5, 0.6) is 11.5 Å². The molecule has 29 heavy (non-hydrogen) atoms. The van der Waals surface area contributed by atoms with Crippen LogP contribution in [0.25, 0.3) is 0 Å². The first-order chi connectivity index (χ1) is 14.0. The van der Waals surface area contributed by atoms with E-state index in [2.05, 4.69) is 34.4 Å². The van der Waals surface area contributed by atoms with E-state index in [1.165, 1.54) is 12.4 Å². The van der Waals surface area contributed by atoms with E-state index in [0.717, 1.165) is 16.9 Å². The molecule has 0 fully saturated rings. The maximum absolute atomic E-state index is 12.5. The van der Waals surface area contributed by atoms with E-state index in [4.69, 9.17) is 9.47 Å². The molecule has 0 unspecified atom stereocenters. The van der Waals surface area contributed by atoms with Gasteiger partial charge >= 0.3 is 0 Å². The van der Waals surface area contributed by atoms with Crippen LogP contribution >= 0.6 is 0 Å². The van der Waals surface area contributed by atoms with Gasteiger partial charge in [-0.25, -0.2) is 9.97 Å². The number of anilines is 3. The summed E-state index contributed by atoms with van der Waals surface area (Å²) in [5.74, 6) is 1.74. The maximum atomic E-state index is 12.5.